The Kier molecular flexibility index (Phi) is 6.60. The quantitative estimate of drug-likeness (QED) is 0.673. The normalized spacial score (nSPS) is 11.1. The minimum atomic E-state index is -3.67. The molecule has 2 rings (SSSR count). The number of anilines is 1. The van der Waals surface area contributed by atoms with Crippen LogP contribution in [-0.2, 0) is 14.8 Å². The van der Waals surface area contributed by atoms with Crippen LogP contribution in [0.1, 0.15) is 10.4 Å². The molecule has 0 saturated carbocycles. The van der Waals surface area contributed by atoms with Gasteiger partial charge in [-0.05, 0) is 42.5 Å². The molecule has 2 aromatic rings. The molecule has 150 valence electrons. The minimum absolute atomic E-state index is 0.0107. The van der Waals surface area contributed by atoms with Crippen molar-refractivity contribution in [1.82, 2.24) is 4.31 Å². The summed E-state index contributed by atoms with van der Waals surface area (Å²) in [6, 6.07) is 10.1. The largest absolute Gasteiger partial charge is 0.495 e. The summed E-state index contributed by atoms with van der Waals surface area (Å²) >= 11 is 0. The third-order valence-electron chi connectivity index (χ3n) is 3.73. The molecule has 0 aliphatic rings. The Labute approximate surface area is 163 Å². The average molecular weight is 407 g/mol. The average Bonchev–Trinajstić information content (AvgIpc) is 2.66. The number of nitrogens with one attached hydrogen (secondary N) is 1. The van der Waals surface area contributed by atoms with Crippen molar-refractivity contribution in [2.45, 2.75) is 4.90 Å². The summed E-state index contributed by atoms with van der Waals surface area (Å²) in [6.07, 6.45) is 0. The fourth-order valence-electron chi connectivity index (χ4n) is 2.21. The van der Waals surface area contributed by atoms with Gasteiger partial charge in [-0.2, -0.15) is 0 Å². The molecule has 9 nitrogen and oxygen atoms in total. The zero-order chi connectivity index (χ0) is 20.9. The minimum Gasteiger partial charge on any atom is -0.495 e. The highest BCUT2D eigenvalue weighted by molar-refractivity contribution is 7.89. The van der Waals surface area contributed by atoms with Gasteiger partial charge in [0.05, 0.1) is 17.7 Å². The summed E-state index contributed by atoms with van der Waals surface area (Å²) < 4.78 is 36.1. The Hall–Kier alpha value is -3.11. The topological polar surface area (TPSA) is 128 Å². The summed E-state index contributed by atoms with van der Waals surface area (Å²) in [4.78, 5) is 23.3. The van der Waals surface area contributed by atoms with Crippen LogP contribution in [0.2, 0.25) is 0 Å². The van der Waals surface area contributed by atoms with E-state index in [0.717, 1.165) is 4.31 Å². The number of sulfonamides is 1. The molecule has 10 heteroatoms. The standard InChI is InChI=1S/C18H21N3O6S/c1-21(2)28(24,25)14-8-9-16(26-3)15(10-14)20-17(22)11-27-13-6-4-12(5-7-13)18(19)23/h4-10H,11H2,1-3H3,(H2,19,23)(H,20,22). The van der Waals surface area contributed by atoms with E-state index in [4.69, 9.17) is 15.2 Å². The molecule has 0 aliphatic carbocycles. The van der Waals surface area contributed by atoms with Gasteiger partial charge >= 0.3 is 0 Å². The number of hydrogen-bond donors (Lipinski definition) is 2. The van der Waals surface area contributed by atoms with Gasteiger partial charge in [0.1, 0.15) is 11.5 Å². The fraction of sp³-hybridized carbons (Fsp3) is 0.222. The van der Waals surface area contributed by atoms with Gasteiger partial charge in [0.2, 0.25) is 15.9 Å². The summed E-state index contributed by atoms with van der Waals surface area (Å²) in [7, 11) is 0.559. The fourth-order valence-corrected chi connectivity index (χ4v) is 3.14. The van der Waals surface area contributed by atoms with Crippen molar-refractivity contribution in [1.29, 1.82) is 0 Å². The van der Waals surface area contributed by atoms with Gasteiger partial charge in [-0.25, -0.2) is 12.7 Å². The molecule has 2 aromatic carbocycles. The number of carbonyl (C=O) groups is 2. The van der Waals surface area contributed by atoms with Crippen LogP contribution >= 0.6 is 0 Å². The summed E-state index contributed by atoms with van der Waals surface area (Å²) in [5.41, 5.74) is 5.68. The van der Waals surface area contributed by atoms with E-state index in [-0.39, 0.29) is 17.2 Å². The predicted octanol–water partition coefficient (Wildman–Crippen LogP) is 1.06. The number of ether oxygens (including phenoxy) is 2. The SMILES string of the molecule is COc1ccc(S(=O)(=O)N(C)C)cc1NC(=O)COc1ccc(C(N)=O)cc1. The highest BCUT2D eigenvalue weighted by atomic mass is 32.2. The lowest BCUT2D eigenvalue weighted by Crippen LogP contribution is -2.23. The molecular weight excluding hydrogens is 386 g/mol. The zero-order valence-electron chi connectivity index (χ0n) is 15.6. The van der Waals surface area contributed by atoms with Crippen LogP contribution in [0.5, 0.6) is 11.5 Å². The molecule has 0 aromatic heterocycles. The van der Waals surface area contributed by atoms with E-state index >= 15 is 0 Å². The van der Waals surface area contributed by atoms with Gasteiger partial charge < -0.3 is 20.5 Å². The van der Waals surface area contributed by atoms with Crippen molar-refractivity contribution < 1.29 is 27.5 Å². The molecule has 0 heterocycles. The second-order valence-corrected chi connectivity index (χ2v) is 8.03. The molecule has 0 aliphatic heterocycles. The number of carbonyl (C=O) groups excluding carboxylic acids is 2. The smallest absolute Gasteiger partial charge is 0.262 e. The Balaban J connectivity index is 2.11. The number of benzene rings is 2. The maximum Gasteiger partial charge on any atom is 0.262 e. The number of rotatable bonds is 8. The molecule has 0 fully saturated rings. The molecule has 28 heavy (non-hydrogen) atoms. The van der Waals surface area contributed by atoms with Crippen molar-refractivity contribution in [3.63, 3.8) is 0 Å². The molecular formula is C18H21N3O6S. The zero-order valence-corrected chi connectivity index (χ0v) is 16.4. The van der Waals surface area contributed by atoms with E-state index < -0.39 is 21.8 Å². The van der Waals surface area contributed by atoms with Crippen LogP contribution in [0.4, 0.5) is 5.69 Å². The van der Waals surface area contributed by atoms with Crippen molar-refractivity contribution >= 4 is 27.5 Å². The third kappa shape index (κ3) is 4.99. The number of nitrogens with zero attached hydrogens (tertiary/aromatic N) is 1. The Morgan fingerprint density at radius 3 is 2.29 bits per heavy atom. The number of primary amides is 1. The van der Waals surface area contributed by atoms with Crippen molar-refractivity contribution in [3.8, 4) is 11.5 Å². The maximum absolute atomic E-state index is 12.3. The second kappa shape index (κ2) is 8.72. The van der Waals surface area contributed by atoms with Crippen molar-refractivity contribution in [2.24, 2.45) is 5.73 Å². The van der Waals surface area contributed by atoms with Crippen LogP contribution in [0.25, 0.3) is 0 Å². The first-order valence-corrected chi connectivity index (χ1v) is 9.52. The van der Waals surface area contributed by atoms with Crippen LogP contribution in [0.3, 0.4) is 0 Å². The van der Waals surface area contributed by atoms with E-state index in [1.807, 2.05) is 0 Å². The molecule has 0 saturated heterocycles. The van der Waals surface area contributed by atoms with Gasteiger partial charge in [-0.1, -0.05) is 0 Å². The predicted molar refractivity (Wildman–Crippen MR) is 103 cm³/mol. The number of nitrogens with two attached hydrogens (primary N) is 1. The van der Waals surface area contributed by atoms with Crippen LogP contribution in [0.15, 0.2) is 47.4 Å². The molecule has 0 radical (unpaired) electrons. The number of methoxy groups -OCH3 is 1. The maximum atomic E-state index is 12.3. The lowest BCUT2D eigenvalue weighted by molar-refractivity contribution is -0.118. The Bertz CT molecular complexity index is 971. The van der Waals surface area contributed by atoms with Gasteiger partial charge in [-0.3, -0.25) is 9.59 Å². The van der Waals surface area contributed by atoms with Gasteiger partial charge in [0, 0.05) is 19.7 Å². The molecule has 0 unspecified atom stereocenters. The van der Waals surface area contributed by atoms with E-state index in [1.54, 1.807) is 0 Å². The number of hydrogen-bond acceptors (Lipinski definition) is 6. The van der Waals surface area contributed by atoms with Crippen LogP contribution in [-0.4, -0.2) is 52.3 Å². The first-order chi connectivity index (χ1) is 13.1. The van der Waals surface area contributed by atoms with E-state index in [9.17, 15) is 18.0 Å². The van der Waals surface area contributed by atoms with Crippen LogP contribution in [0, 0.1) is 0 Å². The molecule has 0 atom stereocenters. The second-order valence-electron chi connectivity index (χ2n) is 5.87. The van der Waals surface area contributed by atoms with E-state index in [0.29, 0.717) is 17.1 Å². The Morgan fingerprint density at radius 2 is 1.75 bits per heavy atom. The highest BCUT2D eigenvalue weighted by Crippen LogP contribution is 2.28. The van der Waals surface area contributed by atoms with Crippen molar-refractivity contribution in [3.05, 3.63) is 48.0 Å². The monoisotopic (exact) mass is 407 g/mol. The van der Waals surface area contributed by atoms with Gasteiger partial charge in [0.25, 0.3) is 5.91 Å². The van der Waals surface area contributed by atoms with E-state index in [1.165, 1.54) is 63.7 Å². The molecule has 2 amide bonds. The van der Waals surface area contributed by atoms with Crippen LogP contribution < -0.4 is 20.5 Å². The first-order valence-electron chi connectivity index (χ1n) is 8.08. The molecule has 0 bridgehead atoms. The lowest BCUT2D eigenvalue weighted by atomic mass is 10.2. The summed E-state index contributed by atoms with van der Waals surface area (Å²) in [5.74, 6) is -0.409. The van der Waals surface area contributed by atoms with Crippen molar-refractivity contribution in [2.75, 3.05) is 33.1 Å². The summed E-state index contributed by atoms with van der Waals surface area (Å²) in [6.45, 7) is -0.330. The molecule has 0 spiro atoms. The third-order valence-corrected chi connectivity index (χ3v) is 5.54. The van der Waals surface area contributed by atoms with E-state index in [2.05, 4.69) is 5.32 Å². The number of amides is 2. The first kappa shape index (κ1) is 21.2. The summed E-state index contributed by atoms with van der Waals surface area (Å²) in [5, 5.41) is 2.57. The Morgan fingerprint density at radius 1 is 1.11 bits per heavy atom. The van der Waals surface area contributed by atoms with Gasteiger partial charge in [-0.15, -0.1) is 0 Å². The lowest BCUT2D eigenvalue weighted by Gasteiger charge is -2.15. The van der Waals surface area contributed by atoms with Gasteiger partial charge in [0.15, 0.2) is 6.61 Å². The highest BCUT2D eigenvalue weighted by Gasteiger charge is 2.20. The molecule has 3 N–H and O–H groups in total.